The van der Waals surface area contributed by atoms with Crippen LogP contribution in [-0.4, -0.2) is 54.3 Å². The fraction of sp³-hybridized carbons (Fsp3) is 0.429. The third-order valence-electron chi connectivity index (χ3n) is 5.47. The van der Waals surface area contributed by atoms with Crippen molar-refractivity contribution in [3.8, 4) is 0 Å². The Morgan fingerprint density at radius 1 is 1.07 bits per heavy atom. The van der Waals surface area contributed by atoms with Crippen molar-refractivity contribution in [3.63, 3.8) is 0 Å². The number of nitrogens with zero attached hydrogens (tertiary/aromatic N) is 3. The molecule has 2 aromatic rings. The van der Waals surface area contributed by atoms with Crippen LogP contribution in [0.15, 0.2) is 30.3 Å². The van der Waals surface area contributed by atoms with Gasteiger partial charge in [0.25, 0.3) is 5.91 Å². The van der Waals surface area contributed by atoms with Crippen LogP contribution in [0.2, 0.25) is 5.02 Å². The van der Waals surface area contributed by atoms with Crippen molar-refractivity contribution >= 4 is 40.4 Å². The van der Waals surface area contributed by atoms with Crippen LogP contribution < -0.4 is 4.90 Å². The highest BCUT2D eigenvalue weighted by molar-refractivity contribution is 7.14. The molecular weight excluding hydrogens is 394 g/mol. The Morgan fingerprint density at radius 2 is 1.86 bits per heavy atom. The lowest BCUT2D eigenvalue weighted by Crippen LogP contribution is -2.48. The highest BCUT2D eigenvalue weighted by Gasteiger charge is 2.27. The Labute approximate surface area is 174 Å². The molecule has 0 bridgehead atoms. The van der Waals surface area contributed by atoms with E-state index in [9.17, 15) is 9.59 Å². The number of hydrogen-bond acceptors (Lipinski definition) is 4. The van der Waals surface area contributed by atoms with Gasteiger partial charge in [0, 0.05) is 61.3 Å². The molecular formula is C21H24ClN3O2S. The normalized spacial score (nSPS) is 16.9. The van der Waals surface area contributed by atoms with E-state index < -0.39 is 0 Å². The fourth-order valence-corrected chi connectivity index (χ4v) is 5.19. The summed E-state index contributed by atoms with van der Waals surface area (Å²) in [6.07, 6.45) is 1.38. The number of piperazine rings is 1. The van der Waals surface area contributed by atoms with E-state index in [1.165, 1.54) is 4.88 Å². The van der Waals surface area contributed by atoms with Crippen LogP contribution in [0, 0.1) is 0 Å². The first-order valence-corrected chi connectivity index (χ1v) is 10.9. The molecule has 0 spiro atoms. The molecule has 0 unspecified atom stereocenters. The molecule has 0 N–H and O–H groups in total. The van der Waals surface area contributed by atoms with Gasteiger partial charge in [-0.3, -0.25) is 9.59 Å². The summed E-state index contributed by atoms with van der Waals surface area (Å²) in [5.74, 6) is 0.292. The zero-order chi connectivity index (χ0) is 19.7. The van der Waals surface area contributed by atoms with Crippen LogP contribution >= 0.6 is 22.9 Å². The van der Waals surface area contributed by atoms with Gasteiger partial charge in [0.1, 0.15) is 0 Å². The summed E-state index contributed by atoms with van der Waals surface area (Å²) in [6.45, 7) is 6.29. The van der Waals surface area contributed by atoms with Gasteiger partial charge < -0.3 is 14.7 Å². The van der Waals surface area contributed by atoms with Gasteiger partial charge in [-0.2, -0.15) is 0 Å². The van der Waals surface area contributed by atoms with Crippen LogP contribution in [0.1, 0.15) is 33.5 Å². The van der Waals surface area contributed by atoms with Gasteiger partial charge in [-0.1, -0.05) is 24.6 Å². The molecule has 2 amide bonds. The van der Waals surface area contributed by atoms with Crippen molar-refractivity contribution < 1.29 is 9.59 Å². The van der Waals surface area contributed by atoms with Gasteiger partial charge in [-0.05, 0) is 36.2 Å². The number of benzene rings is 1. The predicted molar refractivity (Wildman–Crippen MR) is 113 cm³/mol. The second kappa shape index (κ2) is 8.13. The van der Waals surface area contributed by atoms with Crippen LogP contribution in [0.25, 0.3) is 0 Å². The van der Waals surface area contributed by atoms with Crippen molar-refractivity contribution in [3.05, 3.63) is 50.7 Å². The third kappa shape index (κ3) is 3.89. The molecule has 3 heterocycles. The average molecular weight is 418 g/mol. The van der Waals surface area contributed by atoms with Gasteiger partial charge in [-0.15, -0.1) is 11.3 Å². The molecule has 1 aromatic heterocycles. The Hall–Kier alpha value is -2.05. The van der Waals surface area contributed by atoms with Crippen molar-refractivity contribution in [1.29, 1.82) is 0 Å². The number of amides is 2. The molecule has 4 rings (SSSR count). The van der Waals surface area contributed by atoms with E-state index in [0.29, 0.717) is 26.1 Å². The van der Waals surface area contributed by atoms with E-state index in [-0.39, 0.29) is 11.8 Å². The lowest BCUT2D eigenvalue weighted by Gasteiger charge is -2.36. The molecule has 148 valence electrons. The second-order valence-corrected chi connectivity index (χ2v) is 8.81. The number of halogens is 1. The Bertz CT molecular complexity index is 890. The summed E-state index contributed by atoms with van der Waals surface area (Å²) >= 11 is 7.69. The molecule has 1 aromatic carbocycles. The third-order valence-corrected chi connectivity index (χ3v) is 6.93. The summed E-state index contributed by atoms with van der Waals surface area (Å²) in [5, 5.41) is 0.732. The van der Waals surface area contributed by atoms with Crippen molar-refractivity contribution in [2.45, 2.75) is 26.3 Å². The van der Waals surface area contributed by atoms with Gasteiger partial charge in [0.15, 0.2) is 0 Å². The molecule has 7 heteroatoms. The molecule has 0 saturated carbocycles. The van der Waals surface area contributed by atoms with Crippen molar-refractivity contribution in [1.82, 2.24) is 9.80 Å². The SMILES string of the molecule is CCC(=O)N1CCc2sc(C(=O)N3CCN(c4cccc(Cl)c4)CC3)cc2C1. The Balaban J connectivity index is 1.40. The smallest absolute Gasteiger partial charge is 0.264 e. The molecule has 1 saturated heterocycles. The maximum atomic E-state index is 13.0. The zero-order valence-electron chi connectivity index (χ0n) is 16.0. The number of carbonyl (C=O) groups excluding carboxylic acids is 2. The summed E-state index contributed by atoms with van der Waals surface area (Å²) < 4.78 is 0. The van der Waals surface area contributed by atoms with Crippen LogP contribution in [0.4, 0.5) is 5.69 Å². The fourth-order valence-electron chi connectivity index (χ4n) is 3.87. The predicted octanol–water partition coefficient (Wildman–Crippen LogP) is 3.66. The Morgan fingerprint density at radius 3 is 2.57 bits per heavy atom. The first-order chi connectivity index (χ1) is 13.5. The lowest BCUT2D eigenvalue weighted by molar-refractivity contribution is -0.131. The second-order valence-electron chi connectivity index (χ2n) is 7.24. The summed E-state index contributed by atoms with van der Waals surface area (Å²) in [6, 6.07) is 9.85. The van der Waals surface area contributed by atoms with E-state index in [1.54, 1.807) is 11.3 Å². The van der Waals surface area contributed by atoms with Gasteiger partial charge in [0.05, 0.1) is 4.88 Å². The topological polar surface area (TPSA) is 43.9 Å². The molecule has 28 heavy (non-hydrogen) atoms. The quantitative estimate of drug-likeness (QED) is 0.765. The first-order valence-electron chi connectivity index (χ1n) is 9.74. The summed E-state index contributed by atoms with van der Waals surface area (Å²) in [5.41, 5.74) is 2.24. The van der Waals surface area contributed by atoms with Crippen LogP contribution in [0.3, 0.4) is 0 Å². The summed E-state index contributed by atoms with van der Waals surface area (Å²) in [7, 11) is 0. The molecule has 2 aliphatic heterocycles. The maximum absolute atomic E-state index is 13.0. The monoisotopic (exact) mass is 417 g/mol. The number of carbonyl (C=O) groups is 2. The van der Waals surface area contributed by atoms with Crippen molar-refractivity contribution in [2.24, 2.45) is 0 Å². The first kappa shape index (κ1) is 19.3. The molecule has 2 aliphatic rings. The summed E-state index contributed by atoms with van der Waals surface area (Å²) in [4.78, 5) is 33.1. The average Bonchev–Trinajstić information content (AvgIpc) is 3.16. The van der Waals surface area contributed by atoms with Crippen molar-refractivity contribution in [2.75, 3.05) is 37.6 Å². The number of rotatable bonds is 3. The zero-order valence-corrected chi connectivity index (χ0v) is 17.6. The van der Waals surface area contributed by atoms with Crippen LogP contribution in [-0.2, 0) is 17.8 Å². The van der Waals surface area contributed by atoms with E-state index in [1.807, 2.05) is 41.0 Å². The minimum atomic E-state index is 0.110. The molecule has 5 nitrogen and oxygen atoms in total. The number of hydrogen-bond donors (Lipinski definition) is 0. The lowest BCUT2D eigenvalue weighted by atomic mass is 10.1. The maximum Gasteiger partial charge on any atom is 0.264 e. The number of fused-ring (bicyclic) bond motifs is 1. The van der Waals surface area contributed by atoms with Gasteiger partial charge >= 0.3 is 0 Å². The van der Waals surface area contributed by atoms with Gasteiger partial charge in [0.2, 0.25) is 5.91 Å². The van der Waals surface area contributed by atoms with E-state index >= 15 is 0 Å². The highest BCUT2D eigenvalue weighted by atomic mass is 35.5. The Kier molecular flexibility index (Phi) is 5.60. The van der Waals surface area contributed by atoms with E-state index in [0.717, 1.165) is 47.2 Å². The van der Waals surface area contributed by atoms with Crippen LogP contribution in [0.5, 0.6) is 0 Å². The molecule has 0 radical (unpaired) electrons. The van der Waals surface area contributed by atoms with Gasteiger partial charge in [-0.25, -0.2) is 0 Å². The van der Waals surface area contributed by atoms with E-state index in [2.05, 4.69) is 11.0 Å². The standard InChI is InChI=1S/C21H24ClN3O2S/c1-2-20(26)25-7-6-18-15(14-25)12-19(28-18)21(27)24-10-8-23(9-11-24)17-5-3-4-16(22)13-17/h3-5,12-13H,2,6-11,14H2,1H3. The van der Waals surface area contributed by atoms with E-state index in [4.69, 9.17) is 11.6 Å². The molecule has 0 aliphatic carbocycles. The minimum absolute atomic E-state index is 0.110. The highest BCUT2D eigenvalue weighted by Crippen LogP contribution is 2.30. The number of anilines is 1. The minimum Gasteiger partial charge on any atom is -0.368 e. The largest absolute Gasteiger partial charge is 0.368 e. The number of thiophene rings is 1. The molecule has 1 fully saturated rings. The molecule has 0 atom stereocenters.